The predicted octanol–water partition coefficient (Wildman–Crippen LogP) is 1.60. The first-order valence-electron chi connectivity index (χ1n) is 5.17. The first kappa shape index (κ1) is 9.83. The van der Waals surface area contributed by atoms with Crippen LogP contribution in [0.3, 0.4) is 0 Å². The minimum absolute atomic E-state index is 0.166. The topological polar surface area (TPSA) is 65.5 Å². The van der Waals surface area contributed by atoms with Crippen LogP contribution in [-0.2, 0) is 6.61 Å². The second-order valence-corrected chi connectivity index (χ2v) is 3.59. The molecule has 0 N–H and O–H groups in total. The molecular weight excluding hydrogens is 220 g/mol. The van der Waals surface area contributed by atoms with Crippen LogP contribution in [0, 0.1) is 6.92 Å². The Bertz CT molecular complexity index is 611. The number of rotatable bonds is 3. The summed E-state index contributed by atoms with van der Waals surface area (Å²) in [5.41, 5.74) is 1.69. The van der Waals surface area contributed by atoms with Gasteiger partial charge in [-0.2, -0.15) is 4.98 Å². The van der Waals surface area contributed by atoms with Crippen molar-refractivity contribution in [1.82, 2.24) is 19.5 Å². The van der Waals surface area contributed by atoms with Crippen LogP contribution in [0.5, 0.6) is 6.08 Å². The Balaban J connectivity index is 1.76. The van der Waals surface area contributed by atoms with Gasteiger partial charge in [-0.05, 0) is 19.1 Å². The number of pyridine rings is 1. The van der Waals surface area contributed by atoms with Gasteiger partial charge in [-0.1, -0.05) is 11.2 Å². The minimum atomic E-state index is 0.166. The van der Waals surface area contributed by atoms with Gasteiger partial charge in [-0.3, -0.25) is 4.52 Å². The second kappa shape index (κ2) is 3.89. The largest absolute Gasteiger partial charge is 0.442 e. The molecule has 0 aliphatic carbocycles. The third-order valence-electron chi connectivity index (χ3n) is 2.27. The van der Waals surface area contributed by atoms with Gasteiger partial charge in [0.1, 0.15) is 12.3 Å². The fourth-order valence-corrected chi connectivity index (χ4v) is 1.53. The van der Waals surface area contributed by atoms with Crippen LogP contribution in [0.15, 0.2) is 35.1 Å². The highest BCUT2D eigenvalue weighted by Gasteiger charge is 2.06. The monoisotopic (exact) mass is 230 g/mol. The van der Waals surface area contributed by atoms with E-state index < -0.39 is 0 Å². The molecule has 0 atom stereocenters. The van der Waals surface area contributed by atoms with Gasteiger partial charge in [0.05, 0.1) is 5.69 Å². The zero-order valence-electron chi connectivity index (χ0n) is 9.20. The van der Waals surface area contributed by atoms with Crippen LogP contribution in [0.4, 0.5) is 0 Å². The third kappa shape index (κ3) is 1.96. The summed E-state index contributed by atoms with van der Waals surface area (Å²) in [4.78, 5) is 8.33. The van der Waals surface area contributed by atoms with Crippen LogP contribution in [-0.4, -0.2) is 19.5 Å². The van der Waals surface area contributed by atoms with Crippen molar-refractivity contribution in [2.24, 2.45) is 0 Å². The number of aryl methyl sites for hydroxylation is 1. The van der Waals surface area contributed by atoms with E-state index in [1.54, 1.807) is 6.92 Å². The summed E-state index contributed by atoms with van der Waals surface area (Å²) in [5.74, 6) is 0.551. The highest BCUT2D eigenvalue weighted by molar-refractivity contribution is 5.39. The molecule has 3 rings (SSSR count). The standard InChI is InChI=1S/C11H10N4O2/c1-8-12-11(17-14-8)16-7-9-6-15-5-3-2-4-10(15)13-9/h2-6H,7H2,1H3. The van der Waals surface area contributed by atoms with E-state index >= 15 is 0 Å². The molecule has 0 bridgehead atoms. The summed E-state index contributed by atoms with van der Waals surface area (Å²) < 4.78 is 12.1. The SMILES string of the molecule is Cc1noc(OCc2cn3ccccc3n2)n1. The highest BCUT2D eigenvalue weighted by atomic mass is 16.6. The van der Waals surface area contributed by atoms with Crippen LogP contribution >= 0.6 is 0 Å². The summed E-state index contributed by atoms with van der Waals surface area (Å²) in [5, 5.41) is 3.63. The minimum Gasteiger partial charge on any atom is -0.442 e. The molecule has 86 valence electrons. The molecule has 0 saturated carbocycles. The summed E-state index contributed by atoms with van der Waals surface area (Å²) >= 11 is 0. The van der Waals surface area contributed by atoms with Crippen molar-refractivity contribution in [2.75, 3.05) is 0 Å². The van der Waals surface area contributed by atoms with Crippen LogP contribution in [0.25, 0.3) is 5.65 Å². The quantitative estimate of drug-likeness (QED) is 0.683. The maximum absolute atomic E-state index is 5.33. The Morgan fingerprint density at radius 2 is 2.29 bits per heavy atom. The molecule has 0 aliphatic heterocycles. The molecule has 0 aliphatic rings. The molecule has 0 amide bonds. The van der Waals surface area contributed by atoms with Crippen molar-refractivity contribution in [3.8, 4) is 6.08 Å². The van der Waals surface area contributed by atoms with Gasteiger partial charge in [-0.25, -0.2) is 4.98 Å². The zero-order valence-corrected chi connectivity index (χ0v) is 9.20. The normalized spacial score (nSPS) is 10.9. The number of aromatic nitrogens is 4. The molecule has 3 heterocycles. The molecule has 6 nitrogen and oxygen atoms in total. The number of hydrogen-bond acceptors (Lipinski definition) is 5. The average Bonchev–Trinajstić information content (AvgIpc) is 2.91. The van der Waals surface area contributed by atoms with Gasteiger partial charge in [0, 0.05) is 12.4 Å². The fraction of sp³-hybridized carbons (Fsp3) is 0.182. The van der Waals surface area contributed by atoms with Crippen molar-refractivity contribution in [1.29, 1.82) is 0 Å². The van der Waals surface area contributed by atoms with Gasteiger partial charge < -0.3 is 9.14 Å². The van der Waals surface area contributed by atoms with Gasteiger partial charge in [0.15, 0.2) is 5.82 Å². The van der Waals surface area contributed by atoms with Crippen molar-refractivity contribution in [3.63, 3.8) is 0 Å². The number of fused-ring (bicyclic) bond motifs is 1. The van der Waals surface area contributed by atoms with E-state index in [0.29, 0.717) is 12.4 Å². The van der Waals surface area contributed by atoms with E-state index in [1.165, 1.54) is 0 Å². The third-order valence-corrected chi connectivity index (χ3v) is 2.27. The zero-order chi connectivity index (χ0) is 11.7. The maximum atomic E-state index is 5.33. The van der Waals surface area contributed by atoms with E-state index in [1.807, 2.05) is 35.0 Å². The molecule has 3 aromatic rings. The van der Waals surface area contributed by atoms with Gasteiger partial charge >= 0.3 is 6.08 Å². The predicted molar refractivity (Wildman–Crippen MR) is 58.6 cm³/mol. The molecule has 0 spiro atoms. The van der Waals surface area contributed by atoms with Crippen molar-refractivity contribution in [2.45, 2.75) is 13.5 Å². The number of hydrogen-bond donors (Lipinski definition) is 0. The van der Waals surface area contributed by atoms with E-state index in [-0.39, 0.29) is 6.08 Å². The lowest BCUT2D eigenvalue weighted by Gasteiger charge is -1.94. The molecule has 17 heavy (non-hydrogen) atoms. The van der Waals surface area contributed by atoms with Crippen molar-refractivity contribution < 1.29 is 9.26 Å². The molecular formula is C11H10N4O2. The molecule has 0 radical (unpaired) electrons. The highest BCUT2D eigenvalue weighted by Crippen LogP contribution is 2.10. The van der Waals surface area contributed by atoms with Crippen molar-refractivity contribution in [3.05, 3.63) is 42.1 Å². The molecule has 0 fully saturated rings. The van der Waals surface area contributed by atoms with E-state index in [4.69, 9.17) is 9.26 Å². The van der Waals surface area contributed by atoms with E-state index in [9.17, 15) is 0 Å². The number of ether oxygens (including phenoxy) is 1. The van der Waals surface area contributed by atoms with Gasteiger partial charge in [0.2, 0.25) is 0 Å². The van der Waals surface area contributed by atoms with Crippen LogP contribution in [0.2, 0.25) is 0 Å². The van der Waals surface area contributed by atoms with Crippen molar-refractivity contribution >= 4 is 5.65 Å². The number of nitrogens with zero attached hydrogens (tertiary/aromatic N) is 4. The Morgan fingerprint density at radius 3 is 3.06 bits per heavy atom. The molecule has 3 aromatic heterocycles. The lowest BCUT2D eigenvalue weighted by atomic mass is 10.5. The summed E-state index contributed by atoms with van der Waals surface area (Å²) in [6.07, 6.45) is 4.00. The second-order valence-electron chi connectivity index (χ2n) is 3.59. The maximum Gasteiger partial charge on any atom is 0.417 e. The molecule has 6 heteroatoms. The fourth-order valence-electron chi connectivity index (χ4n) is 1.53. The average molecular weight is 230 g/mol. The summed E-state index contributed by atoms with van der Waals surface area (Å²) in [6.45, 7) is 2.05. The van der Waals surface area contributed by atoms with Gasteiger partial charge in [0.25, 0.3) is 0 Å². The molecule has 0 saturated heterocycles. The first-order valence-corrected chi connectivity index (χ1v) is 5.17. The summed E-state index contributed by atoms with van der Waals surface area (Å²) in [7, 11) is 0. The molecule has 0 aromatic carbocycles. The van der Waals surface area contributed by atoms with E-state index in [2.05, 4.69) is 15.1 Å². The Hall–Kier alpha value is -2.37. The van der Waals surface area contributed by atoms with Crippen LogP contribution in [0.1, 0.15) is 11.5 Å². The van der Waals surface area contributed by atoms with Crippen LogP contribution < -0.4 is 4.74 Å². The lowest BCUT2D eigenvalue weighted by Crippen LogP contribution is -1.95. The first-order chi connectivity index (χ1) is 8.31. The smallest absolute Gasteiger partial charge is 0.417 e. The lowest BCUT2D eigenvalue weighted by molar-refractivity contribution is 0.193. The van der Waals surface area contributed by atoms with Gasteiger partial charge in [-0.15, -0.1) is 0 Å². The Labute approximate surface area is 96.9 Å². The number of imidazole rings is 1. The Morgan fingerprint density at radius 1 is 1.35 bits per heavy atom. The van der Waals surface area contributed by atoms with E-state index in [0.717, 1.165) is 11.3 Å². The Kier molecular flexibility index (Phi) is 2.25. The molecule has 0 unspecified atom stereocenters. The summed E-state index contributed by atoms with van der Waals surface area (Å²) in [6, 6.07) is 5.81.